The summed E-state index contributed by atoms with van der Waals surface area (Å²) >= 11 is 9.63. The fraction of sp³-hybridized carbons (Fsp3) is 0.385. The van der Waals surface area contributed by atoms with Crippen LogP contribution >= 0.6 is 27.5 Å². The largest absolute Gasteiger partial charge is 0.351 e. The van der Waals surface area contributed by atoms with Gasteiger partial charge in [-0.05, 0) is 35.0 Å². The van der Waals surface area contributed by atoms with E-state index in [1.54, 1.807) is 6.33 Å². The molecule has 6 heteroatoms. The Hall–Kier alpha value is -0.910. The molecule has 0 radical (unpaired) electrons. The van der Waals surface area contributed by atoms with Crippen LogP contribution in [-0.4, -0.2) is 35.6 Å². The van der Waals surface area contributed by atoms with Gasteiger partial charge < -0.3 is 10.2 Å². The minimum absolute atomic E-state index is 0.411. The van der Waals surface area contributed by atoms with Crippen molar-refractivity contribution in [2.24, 2.45) is 0 Å². The minimum Gasteiger partial charge on any atom is -0.351 e. The quantitative estimate of drug-likeness (QED) is 0.866. The average Bonchev–Trinajstić information content (AvgIpc) is 2.40. The molecule has 3 rings (SSSR count). The summed E-state index contributed by atoms with van der Waals surface area (Å²) in [6.45, 7) is 5.08. The SMILES string of the molecule is C[C@H]1CNCCN1c1ncnc2cc(Br)c(Cl)cc12. The number of anilines is 1. The molecule has 1 aromatic heterocycles. The summed E-state index contributed by atoms with van der Waals surface area (Å²) in [6, 6.07) is 4.29. The lowest BCUT2D eigenvalue weighted by molar-refractivity contribution is 0.498. The van der Waals surface area contributed by atoms with Gasteiger partial charge in [-0.1, -0.05) is 11.6 Å². The molecule has 0 bridgehead atoms. The number of nitrogens with one attached hydrogen (secondary N) is 1. The number of halogens is 2. The maximum atomic E-state index is 6.20. The first-order valence-electron chi connectivity index (χ1n) is 6.24. The highest BCUT2D eigenvalue weighted by atomic mass is 79.9. The first kappa shape index (κ1) is 13.1. The van der Waals surface area contributed by atoms with Crippen LogP contribution < -0.4 is 10.2 Å². The standard InChI is InChI=1S/C13H14BrClN4/c1-8-6-16-2-3-19(8)13-9-4-11(15)10(14)5-12(9)17-7-18-13/h4-5,7-8,16H,2-3,6H2,1H3/t8-/m0/s1. The molecule has 4 nitrogen and oxygen atoms in total. The van der Waals surface area contributed by atoms with Gasteiger partial charge in [0.1, 0.15) is 12.1 Å². The van der Waals surface area contributed by atoms with Gasteiger partial charge in [-0.15, -0.1) is 0 Å². The lowest BCUT2D eigenvalue weighted by atomic mass is 10.1. The highest BCUT2D eigenvalue weighted by Crippen LogP contribution is 2.32. The van der Waals surface area contributed by atoms with E-state index in [4.69, 9.17) is 11.6 Å². The van der Waals surface area contributed by atoms with Crippen LogP contribution in [0.1, 0.15) is 6.92 Å². The van der Waals surface area contributed by atoms with Crippen molar-refractivity contribution in [1.82, 2.24) is 15.3 Å². The van der Waals surface area contributed by atoms with Crippen molar-refractivity contribution < 1.29 is 0 Å². The number of piperazine rings is 1. The normalized spacial score (nSPS) is 19.9. The lowest BCUT2D eigenvalue weighted by Crippen LogP contribution is -2.50. The Bertz CT molecular complexity index is 619. The number of nitrogens with zero attached hydrogens (tertiary/aromatic N) is 3. The summed E-state index contributed by atoms with van der Waals surface area (Å²) < 4.78 is 0.861. The van der Waals surface area contributed by atoms with Crippen LogP contribution in [0.3, 0.4) is 0 Å². The predicted octanol–water partition coefficient (Wildman–Crippen LogP) is 2.84. The second kappa shape index (κ2) is 5.23. The lowest BCUT2D eigenvalue weighted by Gasteiger charge is -2.35. The van der Waals surface area contributed by atoms with Gasteiger partial charge in [0, 0.05) is 35.5 Å². The van der Waals surface area contributed by atoms with Crippen molar-refractivity contribution in [3.05, 3.63) is 28.0 Å². The van der Waals surface area contributed by atoms with Gasteiger partial charge in [0.2, 0.25) is 0 Å². The van der Waals surface area contributed by atoms with E-state index in [1.807, 2.05) is 12.1 Å². The number of hydrogen-bond acceptors (Lipinski definition) is 4. The molecule has 0 spiro atoms. The number of aromatic nitrogens is 2. The molecule has 2 aromatic rings. The smallest absolute Gasteiger partial charge is 0.140 e. The fourth-order valence-electron chi connectivity index (χ4n) is 2.42. The zero-order chi connectivity index (χ0) is 13.4. The van der Waals surface area contributed by atoms with Gasteiger partial charge in [0.05, 0.1) is 10.5 Å². The third-order valence-electron chi connectivity index (χ3n) is 3.43. The second-order valence-corrected chi connectivity index (χ2v) is 5.99. The molecular formula is C13H14BrClN4. The number of rotatable bonds is 1. The zero-order valence-corrected chi connectivity index (χ0v) is 12.9. The van der Waals surface area contributed by atoms with E-state index < -0.39 is 0 Å². The molecule has 2 heterocycles. The molecule has 0 unspecified atom stereocenters. The van der Waals surface area contributed by atoms with Crippen molar-refractivity contribution in [3.63, 3.8) is 0 Å². The maximum absolute atomic E-state index is 6.20. The maximum Gasteiger partial charge on any atom is 0.140 e. The summed E-state index contributed by atoms with van der Waals surface area (Å²) in [5.41, 5.74) is 0.909. The molecule has 1 aliphatic rings. The fourth-order valence-corrected chi connectivity index (χ4v) is 2.92. The molecule has 100 valence electrons. The van der Waals surface area contributed by atoms with Crippen LogP contribution in [0.15, 0.2) is 22.9 Å². The molecule has 1 aliphatic heterocycles. The molecule has 0 amide bonds. The van der Waals surface area contributed by atoms with Crippen molar-refractivity contribution in [2.75, 3.05) is 24.5 Å². The molecule has 1 fully saturated rings. The van der Waals surface area contributed by atoms with Crippen LogP contribution in [0.25, 0.3) is 10.9 Å². The van der Waals surface area contributed by atoms with E-state index in [9.17, 15) is 0 Å². The van der Waals surface area contributed by atoms with E-state index in [-0.39, 0.29) is 0 Å². The third-order valence-corrected chi connectivity index (χ3v) is 4.63. The Morgan fingerprint density at radius 1 is 1.42 bits per heavy atom. The Morgan fingerprint density at radius 2 is 2.26 bits per heavy atom. The van der Waals surface area contributed by atoms with Crippen LogP contribution in [0, 0.1) is 0 Å². The van der Waals surface area contributed by atoms with Crippen LogP contribution in [0.4, 0.5) is 5.82 Å². The molecule has 0 saturated carbocycles. The predicted molar refractivity (Wildman–Crippen MR) is 81.9 cm³/mol. The number of hydrogen-bond donors (Lipinski definition) is 1. The van der Waals surface area contributed by atoms with Crippen LogP contribution in [0.2, 0.25) is 5.02 Å². The van der Waals surface area contributed by atoms with E-state index in [0.29, 0.717) is 11.1 Å². The Morgan fingerprint density at radius 3 is 3.05 bits per heavy atom. The molecule has 1 saturated heterocycles. The highest BCUT2D eigenvalue weighted by molar-refractivity contribution is 9.10. The molecule has 0 aliphatic carbocycles. The number of fused-ring (bicyclic) bond motifs is 1. The van der Waals surface area contributed by atoms with Gasteiger partial charge in [-0.3, -0.25) is 0 Å². The summed E-state index contributed by atoms with van der Waals surface area (Å²) in [7, 11) is 0. The van der Waals surface area contributed by atoms with E-state index in [2.05, 4.69) is 43.0 Å². The third kappa shape index (κ3) is 2.42. The van der Waals surface area contributed by atoms with Crippen LogP contribution in [0.5, 0.6) is 0 Å². The Labute approximate surface area is 125 Å². The molecule has 19 heavy (non-hydrogen) atoms. The van der Waals surface area contributed by atoms with Crippen molar-refractivity contribution in [3.8, 4) is 0 Å². The Balaban J connectivity index is 2.15. The van der Waals surface area contributed by atoms with Gasteiger partial charge in [0.25, 0.3) is 0 Å². The summed E-state index contributed by atoms with van der Waals surface area (Å²) in [4.78, 5) is 11.1. The van der Waals surface area contributed by atoms with E-state index in [0.717, 1.165) is 40.8 Å². The first-order chi connectivity index (χ1) is 9.16. The molecular weight excluding hydrogens is 328 g/mol. The average molecular weight is 342 g/mol. The van der Waals surface area contributed by atoms with Gasteiger partial charge >= 0.3 is 0 Å². The Kier molecular flexibility index (Phi) is 3.60. The van der Waals surface area contributed by atoms with Crippen molar-refractivity contribution in [1.29, 1.82) is 0 Å². The van der Waals surface area contributed by atoms with Crippen LogP contribution in [-0.2, 0) is 0 Å². The van der Waals surface area contributed by atoms with Gasteiger partial charge in [0.15, 0.2) is 0 Å². The first-order valence-corrected chi connectivity index (χ1v) is 7.41. The molecule has 1 aromatic carbocycles. The van der Waals surface area contributed by atoms with Crippen molar-refractivity contribution in [2.45, 2.75) is 13.0 Å². The summed E-state index contributed by atoms with van der Waals surface area (Å²) in [5.74, 6) is 0.966. The van der Waals surface area contributed by atoms with Gasteiger partial charge in [-0.2, -0.15) is 0 Å². The molecule has 1 N–H and O–H groups in total. The number of benzene rings is 1. The second-order valence-electron chi connectivity index (χ2n) is 4.73. The summed E-state index contributed by atoms with van der Waals surface area (Å²) in [5, 5.41) is 5.07. The zero-order valence-electron chi connectivity index (χ0n) is 10.5. The molecule has 1 atom stereocenters. The topological polar surface area (TPSA) is 41.0 Å². The highest BCUT2D eigenvalue weighted by Gasteiger charge is 2.21. The van der Waals surface area contributed by atoms with E-state index in [1.165, 1.54) is 0 Å². The minimum atomic E-state index is 0.411. The summed E-state index contributed by atoms with van der Waals surface area (Å²) in [6.07, 6.45) is 1.62. The van der Waals surface area contributed by atoms with Gasteiger partial charge in [-0.25, -0.2) is 9.97 Å². The van der Waals surface area contributed by atoms with E-state index >= 15 is 0 Å². The monoisotopic (exact) mass is 340 g/mol. The van der Waals surface area contributed by atoms with Crippen molar-refractivity contribution >= 4 is 44.3 Å².